The van der Waals surface area contributed by atoms with Crippen molar-refractivity contribution in [2.75, 3.05) is 16.8 Å². The summed E-state index contributed by atoms with van der Waals surface area (Å²) in [7, 11) is 0. The van der Waals surface area contributed by atoms with Gasteiger partial charge in [0.2, 0.25) is 0 Å². The lowest BCUT2D eigenvalue weighted by Gasteiger charge is -2.17. The van der Waals surface area contributed by atoms with Crippen molar-refractivity contribution >= 4 is 28.8 Å². The van der Waals surface area contributed by atoms with E-state index in [1.54, 1.807) is 30.3 Å². The number of nitrogens with zero attached hydrogens (tertiary/aromatic N) is 1. The molecule has 2 amide bonds. The molecular formula is C26H22F2N2O3. The van der Waals surface area contributed by atoms with Gasteiger partial charge in [0.25, 0.3) is 11.8 Å². The van der Waals surface area contributed by atoms with Crippen molar-refractivity contribution < 1.29 is 23.1 Å². The lowest BCUT2D eigenvalue weighted by atomic mass is 9.97. The molecule has 4 rings (SSSR count). The number of carbonyl (C=O) groups is 2. The number of amides is 2. The Balaban J connectivity index is 1.88. The predicted molar refractivity (Wildman–Crippen MR) is 123 cm³/mol. The molecule has 0 bridgehead atoms. The molecule has 33 heavy (non-hydrogen) atoms. The summed E-state index contributed by atoms with van der Waals surface area (Å²) < 4.78 is 33.7. The number of para-hydroxylation sites is 2. The Morgan fingerprint density at radius 2 is 1.70 bits per heavy atom. The number of aryl methyl sites for hydroxylation is 2. The normalized spacial score (nSPS) is 13.7. The third-order valence-electron chi connectivity index (χ3n) is 5.33. The van der Waals surface area contributed by atoms with Gasteiger partial charge in [0.1, 0.15) is 23.1 Å². The van der Waals surface area contributed by atoms with Gasteiger partial charge >= 0.3 is 0 Å². The third-order valence-corrected chi connectivity index (χ3v) is 5.33. The van der Waals surface area contributed by atoms with Gasteiger partial charge in [-0.15, -0.1) is 0 Å². The Labute approximate surface area is 190 Å². The van der Waals surface area contributed by atoms with E-state index < -0.39 is 23.4 Å². The highest BCUT2D eigenvalue weighted by Gasteiger charge is 2.42. The van der Waals surface area contributed by atoms with Gasteiger partial charge in [-0.05, 0) is 56.2 Å². The SMILES string of the molecule is CCOc1ccccc1NC1=C(c2ccc(C)cc2C)C(=O)N(c2ccc(F)cc2F)C1=O. The van der Waals surface area contributed by atoms with Crippen LogP contribution in [0, 0.1) is 25.5 Å². The molecule has 0 aromatic heterocycles. The van der Waals surface area contributed by atoms with Crippen LogP contribution >= 0.6 is 0 Å². The minimum Gasteiger partial charge on any atom is -0.492 e. The number of ether oxygens (including phenoxy) is 1. The molecule has 0 spiro atoms. The molecule has 7 heteroatoms. The third kappa shape index (κ3) is 4.09. The van der Waals surface area contributed by atoms with Crippen molar-refractivity contribution in [1.82, 2.24) is 0 Å². The smallest absolute Gasteiger partial charge is 0.282 e. The number of rotatable bonds is 6. The zero-order valence-electron chi connectivity index (χ0n) is 18.4. The zero-order chi connectivity index (χ0) is 23.7. The summed E-state index contributed by atoms with van der Waals surface area (Å²) in [6.07, 6.45) is 0. The molecule has 0 saturated carbocycles. The molecule has 0 radical (unpaired) electrons. The van der Waals surface area contributed by atoms with Crippen molar-refractivity contribution in [3.63, 3.8) is 0 Å². The molecule has 0 unspecified atom stereocenters. The Hall–Kier alpha value is -4.00. The van der Waals surface area contributed by atoms with Crippen LogP contribution in [0.25, 0.3) is 5.57 Å². The number of nitrogens with one attached hydrogen (secondary N) is 1. The van der Waals surface area contributed by atoms with Crippen molar-refractivity contribution in [3.05, 3.63) is 94.7 Å². The Bertz CT molecular complexity index is 1300. The maximum absolute atomic E-state index is 14.6. The first-order valence-corrected chi connectivity index (χ1v) is 10.5. The van der Waals surface area contributed by atoms with E-state index in [4.69, 9.17) is 4.74 Å². The maximum atomic E-state index is 14.6. The van der Waals surface area contributed by atoms with Gasteiger partial charge in [-0.25, -0.2) is 13.7 Å². The van der Waals surface area contributed by atoms with Crippen LogP contribution in [0.5, 0.6) is 5.75 Å². The number of halogens is 2. The summed E-state index contributed by atoms with van der Waals surface area (Å²) in [5.41, 5.74) is 2.58. The number of imide groups is 1. The molecule has 3 aromatic carbocycles. The van der Waals surface area contributed by atoms with Crippen LogP contribution in [0.1, 0.15) is 23.6 Å². The van der Waals surface area contributed by atoms with Gasteiger partial charge in [-0.3, -0.25) is 9.59 Å². The van der Waals surface area contributed by atoms with Crippen molar-refractivity contribution in [3.8, 4) is 5.75 Å². The summed E-state index contributed by atoms with van der Waals surface area (Å²) in [5, 5.41) is 3.04. The number of anilines is 2. The second kappa shape index (κ2) is 8.86. The minimum atomic E-state index is -1.01. The molecule has 1 N–H and O–H groups in total. The topological polar surface area (TPSA) is 58.6 Å². The quantitative estimate of drug-likeness (QED) is 0.515. The van der Waals surface area contributed by atoms with E-state index in [-0.39, 0.29) is 17.0 Å². The van der Waals surface area contributed by atoms with Gasteiger partial charge in [0.05, 0.1) is 23.6 Å². The summed E-state index contributed by atoms with van der Waals surface area (Å²) >= 11 is 0. The standard InChI is InChI=1S/C26H22F2N2O3/c1-4-33-22-8-6-5-7-20(22)29-24-23(18-11-9-15(2)13-16(18)3)25(31)30(26(24)32)21-12-10-17(27)14-19(21)28/h5-14,29H,4H2,1-3H3. The van der Waals surface area contributed by atoms with Crippen molar-refractivity contribution in [2.24, 2.45) is 0 Å². The molecular weight excluding hydrogens is 426 g/mol. The zero-order valence-corrected chi connectivity index (χ0v) is 18.4. The van der Waals surface area contributed by atoms with Crippen LogP contribution in [-0.2, 0) is 9.59 Å². The van der Waals surface area contributed by atoms with E-state index in [1.165, 1.54) is 0 Å². The molecule has 1 aliphatic heterocycles. The average molecular weight is 448 g/mol. The Morgan fingerprint density at radius 1 is 0.939 bits per heavy atom. The van der Waals surface area contributed by atoms with E-state index in [2.05, 4.69) is 5.32 Å². The molecule has 168 valence electrons. The van der Waals surface area contributed by atoms with E-state index in [9.17, 15) is 18.4 Å². The summed E-state index contributed by atoms with van der Waals surface area (Å²) in [5.74, 6) is -2.76. The van der Waals surface area contributed by atoms with Crippen LogP contribution in [0.15, 0.2) is 66.4 Å². The number of benzene rings is 3. The maximum Gasteiger partial charge on any atom is 0.282 e. The lowest BCUT2D eigenvalue weighted by molar-refractivity contribution is -0.120. The van der Waals surface area contributed by atoms with Gasteiger partial charge in [-0.1, -0.05) is 35.9 Å². The fourth-order valence-electron chi connectivity index (χ4n) is 3.86. The van der Waals surface area contributed by atoms with Crippen LogP contribution in [-0.4, -0.2) is 18.4 Å². The minimum absolute atomic E-state index is 0.0113. The van der Waals surface area contributed by atoms with E-state index in [1.807, 2.05) is 32.9 Å². The Kier molecular flexibility index (Phi) is 5.96. The van der Waals surface area contributed by atoms with Crippen LogP contribution in [0.4, 0.5) is 20.2 Å². The van der Waals surface area contributed by atoms with Gasteiger partial charge < -0.3 is 10.1 Å². The highest BCUT2D eigenvalue weighted by molar-refractivity contribution is 6.46. The molecule has 0 aliphatic carbocycles. The van der Waals surface area contributed by atoms with Gasteiger partial charge in [0, 0.05) is 6.07 Å². The molecule has 0 atom stereocenters. The molecule has 1 aliphatic rings. The van der Waals surface area contributed by atoms with E-state index >= 15 is 0 Å². The molecule has 0 fully saturated rings. The summed E-state index contributed by atoms with van der Waals surface area (Å²) in [4.78, 5) is 27.7. The second-order valence-corrected chi connectivity index (χ2v) is 7.66. The predicted octanol–water partition coefficient (Wildman–Crippen LogP) is 5.38. The van der Waals surface area contributed by atoms with E-state index in [0.29, 0.717) is 29.7 Å². The number of hydrogen-bond acceptors (Lipinski definition) is 4. The summed E-state index contributed by atoms with van der Waals surface area (Å²) in [6, 6.07) is 15.2. The van der Waals surface area contributed by atoms with Crippen LogP contribution in [0.3, 0.4) is 0 Å². The van der Waals surface area contributed by atoms with Crippen molar-refractivity contribution in [2.45, 2.75) is 20.8 Å². The fourth-order valence-corrected chi connectivity index (χ4v) is 3.86. The monoisotopic (exact) mass is 448 g/mol. The first kappa shape index (κ1) is 22.2. The molecule has 1 heterocycles. The second-order valence-electron chi connectivity index (χ2n) is 7.66. The Morgan fingerprint density at radius 3 is 2.39 bits per heavy atom. The lowest BCUT2D eigenvalue weighted by Crippen LogP contribution is -2.33. The van der Waals surface area contributed by atoms with E-state index in [0.717, 1.165) is 28.2 Å². The average Bonchev–Trinajstić information content (AvgIpc) is 3.00. The van der Waals surface area contributed by atoms with Gasteiger partial charge in [-0.2, -0.15) is 0 Å². The van der Waals surface area contributed by atoms with Crippen LogP contribution in [0.2, 0.25) is 0 Å². The highest BCUT2D eigenvalue weighted by atomic mass is 19.1. The number of carbonyl (C=O) groups excluding carboxylic acids is 2. The fraction of sp³-hybridized carbons (Fsp3) is 0.154. The summed E-state index contributed by atoms with van der Waals surface area (Å²) in [6.45, 7) is 5.99. The van der Waals surface area contributed by atoms with Crippen LogP contribution < -0.4 is 15.0 Å². The molecule has 3 aromatic rings. The first-order valence-electron chi connectivity index (χ1n) is 10.5. The largest absolute Gasteiger partial charge is 0.492 e. The van der Waals surface area contributed by atoms with Crippen molar-refractivity contribution in [1.29, 1.82) is 0 Å². The van der Waals surface area contributed by atoms with Gasteiger partial charge in [0.15, 0.2) is 0 Å². The first-order chi connectivity index (χ1) is 15.8. The highest BCUT2D eigenvalue weighted by Crippen LogP contribution is 2.37. The molecule has 5 nitrogen and oxygen atoms in total. The molecule has 0 saturated heterocycles. The number of hydrogen-bond donors (Lipinski definition) is 1.